The number of rotatable bonds is 4. The van der Waals surface area contributed by atoms with Gasteiger partial charge in [-0.25, -0.2) is 0 Å². The largest absolute Gasteiger partial charge is 0.383 e. The molecule has 2 heterocycles. The van der Waals surface area contributed by atoms with E-state index in [0.717, 1.165) is 6.42 Å². The molecule has 0 aliphatic carbocycles. The number of methoxy groups -OCH3 is 2. The summed E-state index contributed by atoms with van der Waals surface area (Å²) >= 11 is 0. The van der Waals surface area contributed by atoms with Gasteiger partial charge in [0.25, 0.3) is 0 Å². The lowest BCUT2D eigenvalue weighted by Crippen LogP contribution is -2.48. The number of carbonyl (C=O) groups excluding carboxylic acids is 2. The number of amides is 2. The number of hydrogen-bond donors (Lipinski definition) is 0. The lowest BCUT2D eigenvalue weighted by Gasteiger charge is -2.29. The van der Waals surface area contributed by atoms with Crippen LogP contribution in [0.4, 0.5) is 0 Å². The molecule has 2 saturated heterocycles. The van der Waals surface area contributed by atoms with Crippen LogP contribution in [0.1, 0.15) is 19.3 Å². The standard InChI is InChI=1S/C13H22N2O4/c1-14-11(4-5-12(14)16)13(17)15-7-10(19-3)6-9(15)8-18-2/h9-11H,4-8H2,1-3H3/t9-,10-,11?/m0/s1. The fraction of sp³-hybridized carbons (Fsp3) is 0.846. The number of carbonyl (C=O) groups is 2. The third-order valence-corrected chi connectivity index (χ3v) is 4.13. The molecule has 0 radical (unpaired) electrons. The molecule has 3 atom stereocenters. The Bertz CT molecular complexity index is 361. The normalized spacial score (nSPS) is 31.3. The summed E-state index contributed by atoms with van der Waals surface area (Å²) in [7, 11) is 4.99. The van der Waals surface area contributed by atoms with E-state index in [2.05, 4.69) is 0 Å². The Kier molecular flexibility index (Phi) is 4.42. The number of nitrogens with zero attached hydrogens (tertiary/aromatic N) is 2. The highest BCUT2D eigenvalue weighted by Crippen LogP contribution is 2.25. The van der Waals surface area contributed by atoms with Crippen LogP contribution < -0.4 is 0 Å². The number of likely N-dealkylation sites (tertiary alicyclic amines) is 2. The summed E-state index contributed by atoms with van der Waals surface area (Å²) in [4.78, 5) is 27.5. The summed E-state index contributed by atoms with van der Waals surface area (Å²) in [6.07, 6.45) is 1.93. The highest BCUT2D eigenvalue weighted by Gasteiger charge is 2.42. The van der Waals surface area contributed by atoms with Gasteiger partial charge in [0.15, 0.2) is 0 Å². The van der Waals surface area contributed by atoms with Gasteiger partial charge < -0.3 is 19.3 Å². The van der Waals surface area contributed by atoms with Gasteiger partial charge in [0.1, 0.15) is 6.04 Å². The fourth-order valence-corrected chi connectivity index (χ4v) is 2.95. The molecule has 108 valence electrons. The summed E-state index contributed by atoms with van der Waals surface area (Å²) in [5.41, 5.74) is 0. The molecular formula is C13H22N2O4. The average Bonchev–Trinajstić information content (AvgIpc) is 2.95. The van der Waals surface area contributed by atoms with E-state index in [1.54, 1.807) is 26.2 Å². The smallest absolute Gasteiger partial charge is 0.245 e. The van der Waals surface area contributed by atoms with Gasteiger partial charge in [-0.3, -0.25) is 9.59 Å². The highest BCUT2D eigenvalue weighted by atomic mass is 16.5. The lowest BCUT2D eigenvalue weighted by atomic mass is 10.1. The van der Waals surface area contributed by atoms with Crippen LogP contribution in [0.5, 0.6) is 0 Å². The van der Waals surface area contributed by atoms with E-state index < -0.39 is 0 Å². The van der Waals surface area contributed by atoms with Crippen LogP contribution in [0.3, 0.4) is 0 Å². The molecule has 0 aromatic carbocycles. The van der Waals surface area contributed by atoms with Crippen LogP contribution in [0, 0.1) is 0 Å². The second-order valence-corrected chi connectivity index (χ2v) is 5.25. The van der Waals surface area contributed by atoms with Gasteiger partial charge in [0.05, 0.1) is 18.8 Å². The van der Waals surface area contributed by atoms with Crippen molar-refractivity contribution in [3.63, 3.8) is 0 Å². The molecule has 2 rings (SSSR count). The molecule has 0 saturated carbocycles. The first kappa shape index (κ1) is 14.3. The fourth-order valence-electron chi connectivity index (χ4n) is 2.95. The zero-order valence-electron chi connectivity index (χ0n) is 11.8. The molecule has 0 spiro atoms. The van der Waals surface area contributed by atoms with E-state index >= 15 is 0 Å². The van der Waals surface area contributed by atoms with Gasteiger partial charge in [-0.15, -0.1) is 0 Å². The number of likely N-dealkylation sites (N-methyl/N-ethyl adjacent to an activating group) is 1. The molecule has 0 bridgehead atoms. The Hall–Kier alpha value is -1.14. The van der Waals surface area contributed by atoms with E-state index in [0.29, 0.717) is 26.0 Å². The molecule has 0 aromatic heterocycles. The topological polar surface area (TPSA) is 59.1 Å². The van der Waals surface area contributed by atoms with Crippen molar-refractivity contribution in [2.45, 2.75) is 37.5 Å². The second kappa shape index (κ2) is 5.88. The molecule has 0 aromatic rings. The Morgan fingerprint density at radius 3 is 2.68 bits per heavy atom. The van der Waals surface area contributed by atoms with E-state index in [1.165, 1.54) is 0 Å². The van der Waals surface area contributed by atoms with E-state index in [9.17, 15) is 9.59 Å². The lowest BCUT2D eigenvalue weighted by molar-refractivity contribution is -0.141. The SMILES string of the molecule is COC[C@@H]1C[C@H](OC)CN1C(=O)C1CCC(=O)N1C. The van der Waals surface area contributed by atoms with Crippen molar-refractivity contribution in [3.05, 3.63) is 0 Å². The van der Waals surface area contributed by atoms with Gasteiger partial charge in [0.2, 0.25) is 11.8 Å². The van der Waals surface area contributed by atoms with Crippen LogP contribution in [-0.4, -0.2) is 74.2 Å². The molecule has 0 N–H and O–H groups in total. The number of ether oxygens (including phenoxy) is 2. The quantitative estimate of drug-likeness (QED) is 0.714. The maximum atomic E-state index is 12.6. The van der Waals surface area contributed by atoms with Crippen molar-refractivity contribution in [2.75, 3.05) is 34.4 Å². The van der Waals surface area contributed by atoms with Crippen LogP contribution in [0.2, 0.25) is 0 Å². The molecule has 6 heteroatoms. The third kappa shape index (κ3) is 2.74. The van der Waals surface area contributed by atoms with E-state index in [4.69, 9.17) is 9.47 Å². The van der Waals surface area contributed by atoms with Crippen molar-refractivity contribution >= 4 is 11.8 Å². The first-order valence-electron chi connectivity index (χ1n) is 6.66. The predicted molar refractivity (Wildman–Crippen MR) is 68.6 cm³/mol. The Labute approximate surface area is 113 Å². The minimum Gasteiger partial charge on any atom is -0.383 e. The monoisotopic (exact) mass is 270 g/mol. The predicted octanol–water partition coefficient (Wildman–Crippen LogP) is -0.130. The molecule has 2 amide bonds. The van der Waals surface area contributed by atoms with Crippen molar-refractivity contribution < 1.29 is 19.1 Å². The van der Waals surface area contributed by atoms with Crippen molar-refractivity contribution in [2.24, 2.45) is 0 Å². The van der Waals surface area contributed by atoms with Gasteiger partial charge in [0, 0.05) is 34.2 Å². The molecular weight excluding hydrogens is 248 g/mol. The molecule has 2 aliphatic heterocycles. The minimum absolute atomic E-state index is 0.0231. The average molecular weight is 270 g/mol. The Morgan fingerprint density at radius 1 is 1.42 bits per heavy atom. The first-order chi connectivity index (χ1) is 9.08. The van der Waals surface area contributed by atoms with Gasteiger partial charge in [-0.2, -0.15) is 0 Å². The molecule has 1 unspecified atom stereocenters. The Morgan fingerprint density at radius 2 is 2.16 bits per heavy atom. The maximum Gasteiger partial charge on any atom is 0.245 e. The van der Waals surface area contributed by atoms with Gasteiger partial charge in [-0.1, -0.05) is 0 Å². The summed E-state index contributed by atoms with van der Waals surface area (Å²) in [5, 5.41) is 0. The zero-order valence-corrected chi connectivity index (χ0v) is 11.8. The molecule has 19 heavy (non-hydrogen) atoms. The van der Waals surface area contributed by atoms with Gasteiger partial charge in [-0.05, 0) is 12.8 Å². The maximum absolute atomic E-state index is 12.6. The summed E-state index contributed by atoms with van der Waals surface area (Å²) in [6.45, 7) is 1.10. The van der Waals surface area contributed by atoms with Crippen LogP contribution in [-0.2, 0) is 19.1 Å². The minimum atomic E-state index is -0.317. The van der Waals surface area contributed by atoms with E-state index in [-0.39, 0.29) is 30.0 Å². The van der Waals surface area contributed by atoms with Crippen LogP contribution in [0.25, 0.3) is 0 Å². The van der Waals surface area contributed by atoms with Crippen LogP contribution in [0.15, 0.2) is 0 Å². The molecule has 2 aliphatic rings. The van der Waals surface area contributed by atoms with Crippen molar-refractivity contribution in [1.82, 2.24) is 9.80 Å². The first-order valence-corrected chi connectivity index (χ1v) is 6.66. The molecule has 2 fully saturated rings. The summed E-state index contributed by atoms with van der Waals surface area (Å²) < 4.78 is 10.5. The summed E-state index contributed by atoms with van der Waals surface area (Å²) in [6, 6.07) is -0.269. The van der Waals surface area contributed by atoms with Crippen LogP contribution >= 0.6 is 0 Å². The number of hydrogen-bond acceptors (Lipinski definition) is 4. The van der Waals surface area contributed by atoms with E-state index in [1.807, 2.05) is 4.90 Å². The Balaban J connectivity index is 2.06. The summed E-state index contributed by atoms with van der Waals surface area (Å²) in [5.74, 6) is 0.0686. The second-order valence-electron chi connectivity index (χ2n) is 5.25. The van der Waals surface area contributed by atoms with Crippen molar-refractivity contribution in [1.29, 1.82) is 0 Å². The molecule has 6 nitrogen and oxygen atoms in total. The van der Waals surface area contributed by atoms with Gasteiger partial charge >= 0.3 is 0 Å². The highest BCUT2D eigenvalue weighted by molar-refractivity contribution is 5.91. The van der Waals surface area contributed by atoms with Crippen molar-refractivity contribution in [3.8, 4) is 0 Å². The third-order valence-electron chi connectivity index (χ3n) is 4.13. The zero-order chi connectivity index (χ0) is 14.0.